The molecule has 104 valence electrons. The number of aromatic nitrogens is 2. The number of carbonyl (C=O) groups excluding carboxylic acids is 1. The van der Waals surface area contributed by atoms with E-state index in [2.05, 4.69) is 5.10 Å². The zero-order valence-corrected chi connectivity index (χ0v) is 12.0. The van der Waals surface area contributed by atoms with Crippen LogP contribution in [0.5, 0.6) is 0 Å². The normalized spacial score (nSPS) is 13.3. The molecule has 1 amide bonds. The Labute approximate surface area is 119 Å². The fourth-order valence-corrected chi connectivity index (χ4v) is 2.96. The van der Waals surface area contributed by atoms with E-state index >= 15 is 0 Å². The van der Waals surface area contributed by atoms with Crippen molar-refractivity contribution in [2.75, 3.05) is 11.4 Å². The van der Waals surface area contributed by atoms with Crippen molar-refractivity contribution in [1.29, 1.82) is 0 Å². The third-order valence-corrected chi connectivity index (χ3v) is 3.95. The maximum Gasteiger partial charge on any atom is 0.279 e. The van der Waals surface area contributed by atoms with E-state index in [1.54, 1.807) is 4.90 Å². The van der Waals surface area contributed by atoms with Crippen LogP contribution in [0.1, 0.15) is 35.1 Å². The van der Waals surface area contributed by atoms with E-state index in [9.17, 15) is 4.79 Å². The summed E-state index contributed by atoms with van der Waals surface area (Å²) in [6, 6.07) is 9.79. The van der Waals surface area contributed by atoms with Crippen molar-refractivity contribution >= 4 is 11.6 Å². The van der Waals surface area contributed by atoms with Gasteiger partial charge in [0.2, 0.25) is 0 Å². The van der Waals surface area contributed by atoms with Gasteiger partial charge in [-0.2, -0.15) is 5.10 Å². The maximum absolute atomic E-state index is 12.8. The second-order valence-electron chi connectivity index (χ2n) is 5.14. The standard InChI is InChI=1S/C16H19N3O/c1-3-19(12-8-5-4-6-9-12)16(20)15-13-10-7-11-14(13)18(2)17-15/h4-6,8-9H,3,7,10-11H2,1-2H3. The van der Waals surface area contributed by atoms with Gasteiger partial charge in [0.05, 0.1) is 0 Å². The fourth-order valence-electron chi connectivity index (χ4n) is 2.96. The van der Waals surface area contributed by atoms with Crippen molar-refractivity contribution in [3.8, 4) is 0 Å². The third-order valence-electron chi connectivity index (χ3n) is 3.95. The van der Waals surface area contributed by atoms with Gasteiger partial charge in [0, 0.05) is 30.5 Å². The number of fused-ring (bicyclic) bond motifs is 1. The molecule has 0 saturated heterocycles. The number of nitrogens with zero attached hydrogens (tertiary/aromatic N) is 3. The first-order valence-corrected chi connectivity index (χ1v) is 7.14. The predicted octanol–water partition coefficient (Wildman–Crippen LogP) is 2.58. The van der Waals surface area contributed by atoms with Crippen molar-refractivity contribution in [3.05, 3.63) is 47.3 Å². The van der Waals surface area contributed by atoms with Crippen molar-refractivity contribution in [2.45, 2.75) is 26.2 Å². The van der Waals surface area contributed by atoms with E-state index in [-0.39, 0.29) is 5.91 Å². The van der Waals surface area contributed by atoms with Gasteiger partial charge in [-0.05, 0) is 38.3 Å². The minimum atomic E-state index is 0.0115. The zero-order chi connectivity index (χ0) is 14.1. The highest BCUT2D eigenvalue weighted by Gasteiger charge is 2.28. The first-order chi connectivity index (χ1) is 9.72. The molecule has 1 aliphatic carbocycles. The molecule has 0 atom stereocenters. The monoisotopic (exact) mass is 269 g/mol. The number of amides is 1. The summed E-state index contributed by atoms with van der Waals surface area (Å²) in [5, 5.41) is 4.45. The lowest BCUT2D eigenvalue weighted by Gasteiger charge is -2.20. The number of carbonyl (C=O) groups is 1. The molecule has 3 rings (SSSR count). The van der Waals surface area contributed by atoms with Crippen LogP contribution >= 0.6 is 0 Å². The largest absolute Gasteiger partial charge is 0.307 e. The predicted molar refractivity (Wildman–Crippen MR) is 79.0 cm³/mol. The lowest BCUT2D eigenvalue weighted by molar-refractivity contribution is 0.0982. The highest BCUT2D eigenvalue weighted by Crippen LogP contribution is 2.26. The van der Waals surface area contributed by atoms with Gasteiger partial charge in [-0.3, -0.25) is 9.48 Å². The van der Waals surface area contributed by atoms with Crippen LogP contribution in [0.2, 0.25) is 0 Å². The van der Waals surface area contributed by atoms with E-state index in [1.165, 1.54) is 5.69 Å². The van der Waals surface area contributed by atoms with Crippen LogP contribution in [0.4, 0.5) is 5.69 Å². The van der Waals surface area contributed by atoms with Gasteiger partial charge < -0.3 is 4.90 Å². The summed E-state index contributed by atoms with van der Waals surface area (Å²) in [5.41, 5.74) is 3.92. The zero-order valence-electron chi connectivity index (χ0n) is 12.0. The average Bonchev–Trinajstić information content (AvgIpc) is 3.05. The molecule has 0 unspecified atom stereocenters. The molecular formula is C16H19N3O. The summed E-state index contributed by atoms with van der Waals surface area (Å²) in [6.45, 7) is 2.64. The van der Waals surface area contributed by atoms with E-state index in [1.807, 2.05) is 49.0 Å². The maximum atomic E-state index is 12.8. The van der Waals surface area contributed by atoms with Gasteiger partial charge in [0.1, 0.15) is 0 Å². The second-order valence-corrected chi connectivity index (χ2v) is 5.14. The van der Waals surface area contributed by atoms with E-state index < -0.39 is 0 Å². The summed E-state index contributed by atoms with van der Waals surface area (Å²) < 4.78 is 1.87. The second kappa shape index (κ2) is 5.12. The van der Waals surface area contributed by atoms with E-state index in [0.717, 1.165) is 30.5 Å². The molecule has 0 N–H and O–H groups in total. The van der Waals surface area contributed by atoms with Crippen molar-refractivity contribution in [1.82, 2.24) is 9.78 Å². The Morgan fingerprint density at radius 3 is 2.75 bits per heavy atom. The molecule has 4 heteroatoms. The lowest BCUT2D eigenvalue weighted by Crippen LogP contribution is -2.31. The number of benzene rings is 1. The Morgan fingerprint density at radius 2 is 2.05 bits per heavy atom. The van der Waals surface area contributed by atoms with Crippen molar-refractivity contribution in [2.24, 2.45) is 7.05 Å². The number of para-hydroxylation sites is 1. The molecule has 1 heterocycles. The summed E-state index contributed by atoms with van der Waals surface area (Å²) in [5.74, 6) is 0.0115. The van der Waals surface area contributed by atoms with E-state index in [4.69, 9.17) is 0 Å². The Morgan fingerprint density at radius 1 is 1.30 bits per heavy atom. The molecule has 0 radical (unpaired) electrons. The first-order valence-electron chi connectivity index (χ1n) is 7.14. The average molecular weight is 269 g/mol. The molecular weight excluding hydrogens is 250 g/mol. The van der Waals surface area contributed by atoms with Crippen molar-refractivity contribution in [3.63, 3.8) is 0 Å². The number of rotatable bonds is 3. The van der Waals surface area contributed by atoms with Gasteiger partial charge in [0.15, 0.2) is 5.69 Å². The lowest BCUT2D eigenvalue weighted by atomic mass is 10.1. The number of hydrogen-bond acceptors (Lipinski definition) is 2. The van der Waals surface area contributed by atoms with Gasteiger partial charge in [-0.25, -0.2) is 0 Å². The SMILES string of the molecule is CCN(C(=O)c1nn(C)c2c1CCC2)c1ccccc1. The van der Waals surface area contributed by atoms with Gasteiger partial charge >= 0.3 is 0 Å². The molecule has 1 aromatic heterocycles. The quantitative estimate of drug-likeness (QED) is 0.859. The van der Waals surface area contributed by atoms with Crippen molar-refractivity contribution < 1.29 is 4.79 Å². The Hall–Kier alpha value is -2.10. The number of aryl methyl sites for hydroxylation is 1. The van der Waals surface area contributed by atoms with Crippen LogP contribution in [0.3, 0.4) is 0 Å². The molecule has 2 aromatic rings. The van der Waals surface area contributed by atoms with Gasteiger partial charge in [-0.15, -0.1) is 0 Å². The van der Waals surface area contributed by atoms with Crippen LogP contribution < -0.4 is 4.90 Å². The third kappa shape index (κ3) is 2.01. The molecule has 0 aliphatic heterocycles. The smallest absolute Gasteiger partial charge is 0.279 e. The Balaban J connectivity index is 1.98. The summed E-state index contributed by atoms with van der Waals surface area (Å²) in [7, 11) is 1.93. The Bertz CT molecular complexity index is 631. The molecule has 0 fully saturated rings. The minimum Gasteiger partial charge on any atom is -0.307 e. The summed E-state index contributed by atoms with van der Waals surface area (Å²) >= 11 is 0. The molecule has 20 heavy (non-hydrogen) atoms. The summed E-state index contributed by atoms with van der Waals surface area (Å²) in [6.07, 6.45) is 3.12. The van der Waals surface area contributed by atoms with Gasteiger partial charge in [0.25, 0.3) is 5.91 Å². The summed E-state index contributed by atoms with van der Waals surface area (Å²) in [4.78, 5) is 14.6. The molecule has 1 aliphatic rings. The van der Waals surface area contributed by atoms with Crippen LogP contribution in [0.15, 0.2) is 30.3 Å². The fraction of sp³-hybridized carbons (Fsp3) is 0.375. The van der Waals surface area contributed by atoms with Crippen LogP contribution in [-0.4, -0.2) is 22.2 Å². The molecule has 1 aromatic carbocycles. The molecule has 0 spiro atoms. The van der Waals surface area contributed by atoms with Crippen LogP contribution in [0, 0.1) is 0 Å². The highest BCUT2D eigenvalue weighted by atomic mass is 16.2. The van der Waals surface area contributed by atoms with Crippen LogP contribution in [-0.2, 0) is 19.9 Å². The van der Waals surface area contributed by atoms with Gasteiger partial charge in [-0.1, -0.05) is 18.2 Å². The molecule has 0 bridgehead atoms. The Kier molecular flexibility index (Phi) is 3.30. The van der Waals surface area contributed by atoms with E-state index in [0.29, 0.717) is 12.2 Å². The number of hydrogen-bond donors (Lipinski definition) is 0. The molecule has 4 nitrogen and oxygen atoms in total. The highest BCUT2D eigenvalue weighted by molar-refractivity contribution is 6.05. The number of anilines is 1. The first kappa shape index (κ1) is 12.9. The topological polar surface area (TPSA) is 38.1 Å². The minimum absolute atomic E-state index is 0.0115. The van der Waals surface area contributed by atoms with Crippen LogP contribution in [0.25, 0.3) is 0 Å². The molecule has 0 saturated carbocycles.